The summed E-state index contributed by atoms with van der Waals surface area (Å²) in [6.45, 7) is 0. The van der Waals surface area contributed by atoms with Gasteiger partial charge in [-0.2, -0.15) is 4.99 Å². The van der Waals surface area contributed by atoms with Gasteiger partial charge in [0.25, 0.3) is 0 Å². The van der Waals surface area contributed by atoms with Crippen LogP contribution in [0.4, 0.5) is 4.79 Å². The van der Waals surface area contributed by atoms with E-state index in [0.717, 1.165) is 11.2 Å². The quantitative estimate of drug-likeness (QED) is 0.320. The number of carbonyl (C=O) groups excluding carboxylic acids is 2. The number of hydrogen-bond donors (Lipinski definition) is 1. The molecule has 0 bridgehead atoms. The van der Waals surface area contributed by atoms with Crippen LogP contribution in [-0.2, 0) is 4.79 Å². The fourth-order valence-electron chi connectivity index (χ4n) is 0.235. The van der Waals surface area contributed by atoms with E-state index < -0.39 is 6.03 Å². The van der Waals surface area contributed by atoms with Crippen LogP contribution >= 0.6 is 0 Å². The molecule has 3 amide bonds. The minimum atomic E-state index is -0.478. The van der Waals surface area contributed by atoms with Crippen LogP contribution in [-0.4, -0.2) is 37.8 Å². The van der Waals surface area contributed by atoms with Crippen LogP contribution in [0.1, 0.15) is 0 Å². The Morgan fingerprint density at radius 1 is 1.70 bits per heavy atom. The second-order valence-corrected chi connectivity index (χ2v) is 1.57. The van der Waals surface area contributed by atoms with Gasteiger partial charge in [-0.3, -0.25) is 4.79 Å². The number of hydrogen-bond acceptors (Lipinski definition) is 2. The Morgan fingerprint density at radius 3 is 2.70 bits per heavy atom. The lowest BCUT2D eigenvalue weighted by atomic mass is 10.9. The summed E-state index contributed by atoms with van der Waals surface area (Å²) in [6.07, 6.45) is 1.68. The van der Waals surface area contributed by atoms with E-state index in [4.69, 9.17) is 0 Å². The zero-order valence-electron chi connectivity index (χ0n) is 5.87. The second-order valence-electron chi connectivity index (χ2n) is 1.57. The Hall–Kier alpha value is -1.39. The number of nitrogens with zero attached hydrogens (tertiary/aromatic N) is 2. The monoisotopic (exact) mass is 143 g/mol. The third-order valence-electron chi connectivity index (χ3n) is 0.737. The molecule has 56 valence electrons. The molecule has 0 atom stereocenters. The summed E-state index contributed by atoms with van der Waals surface area (Å²) in [5.74, 6) is 0. The Kier molecular flexibility index (Phi) is 3.86. The van der Waals surface area contributed by atoms with Crippen molar-refractivity contribution in [1.29, 1.82) is 0 Å². The molecule has 0 aromatic rings. The predicted molar refractivity (Wildman–Crippen MR) is 36.8 cm³/mol. The average molecular weight is 143 g/mol. The fraction of sp³-hybridized carbons (Fsp3) is 0.400. The maximum absolute atomic E-state index is 10.4. The van der Waals surface area contributed by atoms with Gasteiger partial charge in [0.15, 0.2) is 0 Å². The van der Waals surface area contributed by atoms with Crippen molar-refractivity contribution in [3.63, 3.8) is 0 Å². The van der Waals surface area contributed by atoms with Crippen LogP contribution < -0.4 is 5.32 Å². The maximum atomic E-state index is 10.4. The zero-order chi connectivity index (χ0) is 7.98. The van der Waals surface area contributed by atoms with Gasteiger partial charge in [-0.1, -0.05) is 0 Å². The van der Waals surface area contributed by atoms with E-state index >= 15 is 0 Å². The van der Waals surface area contributed by atoms with Gasteiger partial charge in [0.1, 0.15) is 6.34 Å². The molecule has 5 nitrogen and oxygen atoms in total. The lowest BCUT2D eigenvalue weighted by Crippen LogP contribution is -2.18. The van der Waals surface area contributed by atoms with Gasteiger partial charge in [-0.15, -0.1) is 0 Å². The molecular formula is C5H9N3O2. The Balaban J connectivity index is 3.74. The van der Waals surface area contributed by atoms with Crippen molar-refractivity contribution in [2.45, 2.75) is 0 Å². The summed E-state index contributed by atoms with van der Waals surface area (Å²) < 4.78 is 0. The molecule has 0 aliphatic heterocycles. The van der Waals surface area contributed by atoms with Crippen molar-refractivity contribution in [2.24, 2.45) is 4.99 Å². The maximum Gasteiger partial charge on any atom is 0.342 e. The first kappa shape index (κ1) is 8.61. The summed E-state index contributed by atoms with van der Waals surface area (Å²) in [7, 11) is 2.94. The third-order valence-corrected chi connectivity index (χ3v) is 0.737. The molecule has 0 fully saturated rings. The number of amides is 3. The molecule has 0 spiro atoms. The first-order chi connectivity index (χ1) is 4.70. The molecule has 0 aromatic carbocycles. The molecule has 10 heavy (non-hydrogen) atoms. The van der Waals surface area contributed by atoms with Crippen LogP contribution in [0.3, 0.4) is 0 Å². The molecule has 0 rings (SSSR count). The third kappa shape index (κ3) is 3.59. The highest BCUT2D eigenvalue weighted by Gasteiger charge is 1.89. The fourth-order valence-corrected chi connectivity index (χ4v) is 0.235. The lowest BCUT2D eigenvalue weighted by molar-refractivity contribution is -0.113. The van der Waals surface area contributed by atoms with E-state index in [1.165, 1.54) is 14.1 Å². The summed E-state index contributed by atoms with van der Waals surface area (Å²) in [6, 6.07) is -0.478. The molecule has 0 radical (unpaired) electrons. The average Bonchev–Trinajstić information content (AvgIpc) is 1.99. The topological polar surface area (TPSA) is 61.8 Å². The highest BCUT2D eigenvalue weighted by atomic mass is 16.2. The molecule has 0 aliphatic rings. The molecule has 0 unspecified atom stereocenters. The number of nitrogens with one attached hydrogen (secondary N) is 1. The van der Waals surface area contributed by atoms with Gasteiger partial charge in [0, 0.05) is 14.1 Å². The van der Waals surface area contributed by atoms with E-state index in [9.17, 15) is 9.59 Å². The van der Waals surface area contributed by atoms with Crippen LogP contribution in [0.5, 0.6) is 0 Å². The van der Waals surface area contributed by atoms with E-state index in [1.54, 1.807) is 0 Å². The van der Waals surface area contributed by atoms with Gasteiger partial charge >= 0.3 is 6.03 Å². The number of carbonyl (C=O) groups is 2. The first-order valence-corrected chi connectivity index (χ1v) is 2.64. The van der Waals surface area contributed by atoms with Crippen molar-refractivity contribution >= 4 is 18.8 Å². The Labute approximate surface area is 58.7 Å². The first-order valence-electron chi connectivity index (χ1n) is 2.64. The SMILES string of the molecule is CNC(=O)/N=C\N(C)C=O. The van der Waals surface area contributed by atoms with Gasteiger partial charge < -0.3 is 10.2 Å². The van der Waals surface area contributed by atoms with Crippen molar-refractivity contribution in [1.82, 2.24) is 10.2 Å². The molecule has 1 N–H and O–H groups in total. The zero-order valence-corrected chi connectivity index (χ0v) is 5.87. The van der Waals surface area contributed by atoms with E-state index in [2.05, 4.69) is 10.3 Å². The summed E-state index contributed by atoms with van der Waals surface area (Å²) in [4.78, 5) is 24.8. The second kappa shape index (κ2) is 4.49. The molecule has 0 aromatic heterocycles. The van der Waals surface area contributed by atoms with Crippen molar-refractivity contribution < 1.29 is 9.59 Å². The van der Waals surface area contributed by atoms with Crippen LogP contribution in [0.2, 0.25) is 0 Å². The molecular weight excluding hydrogens is 134 g/mol. The minimum absolute atomic E-state index is 0.478. The van der Waals surface area contributed by atoms with Crippen molar-refractivity contribution in [3.05, 3.63) is 0 Å². The number of urea groups is 1. The molecule has 0 saturated carbocycles. The van der Waals surface area contributed by atoms with Crippen molar-refractivity contribution in [2.75, 3.05) is 14.1 Å². The lowest BCUT2D eigenvalue weighted by Gasteiger charge is -1.98. The van der Waals surface area contributed by atoms with Crippen LogP contribution in [0, 0.1) is 0 Å². The minimum Gasteiger partial charge on any atom is -0.339 e. The smallest absolute Gasteiger partial charge is 0.339 e. The van der Waals surface area contributed by atoms with Crippen LogP contribution in [0.15, 0.2) is 4.99 Å². The van der Waals surface area contributed by atoms with Gasteiger partial charge in [-0.25, -0.2) is 4.79 Å². The summed E-state index contributed by atoms with van der Waals surface area (Å²) >= 11 is 0. The predicted octanol–water partition coefficient (Wildman–Crippen LogP) is -0.558. The number of rotatable bonds is 2. The van der Waals surface area contributed by atoms with Gasteiger partial charge in [0.2, 0.25) is 6.41 Å². The summed E-state index contributed by atoms with van der Waals surface area (Å²) in [5, 5.41) is 2.26. The van der Waals surface area contributed by atoms with E-state index in [1.807, 2.05) is 0 Å². The van der Waals surface area contributed by atoms with Gasteiger partial charge in [0.05, 0.1) is 0 Å². The summed E-state index contributed by atoms with van der Waals surface area (Å²) in [5.41, 5.74) is 0. The largest absolute Gasteiger partial charge is 0.342 e. The Morgan fingerprint density at radius 2 is 2.30 bits per heavy atom. The highest BCUT2D eigenvalue weighted by molar-refractivity contribution is 5.85. The normalized spacial score (nSPS) is 9.40. The van der Waals surface area contributed by atoms with Crippen molar-refractivity contribution in [3.8, 4) is 0 Å². The van der Waals surface area contributed by atoms with Gasteiger partial charge in [-0.05, 0) is 0 Å². The molecule has 0 saturated heterocycles. The van der Waals surface area contributed by atoms with E-state index in [0.29, 0.717) is 6.41 Å². The molecule has 0 heterocycles. The number of aliphatic imine (C=N–C) groups is 1. The molecule has 0 aliphatic carbocycles. The van der Waals surface area contributed by atoms with E-state index in [-0.39, 0.29) is 0 Å². The standard InChI is InChI=1S/C5H9N3O2/c1-6-5(10)7-3-8(2)4-9/h3-4H,1-2H3,(H,6,10)/b7-3-. The van der Waals surface area contributed by atoms with Crippen LogP contribution in [0.25, 0.3) is 0 Å². The Bertz CT molecular complexity index is 155. The molecule has 5 heteroatoms. The highest BCUT2D eigenvalue weighted by Crippen LogP contribution is 1.71.